The molecule has 7 heteroatoms. The summed E-state index contributed by atoms with van der Waals surface area (Å²) in [6.45, 7) is 1.95. The molecule has 3 aromatic heterocycles. The number of halogens is 1. The fourth-order valence-corrected chi connectivity index (χ4v) is 4.71. The fraction of sp³-hybridized carbons (Fsp3) is 0.200. The molecule has 27 heavy (non-hydrogen) atoms. The van der Waals surface area contributed by atoms with Gasteiger partial charge in [-0.2, -0.15) is 5.10 Å². The normalized spacial score (nSPS) is 16.7. The Bertz CT molecular complexity index is 1170. The van der Waals surface area contributed by atoms with Crippen LogP contribution >= 0.6 is 22.9 Å². The second kappa shape index (κ2) is 6.25. The minimum absolute atomic E-state index is 0.0326. The van der Waals surface area contributed by atoms with Crippen molar-refractivity contribution in [3.8, 4) is 11.1 Å². The van der Waals surface area contributed by atoms with E-state index in [1.54, 1.807) is 15.9 Å². The molecule has 0 radical (unpaired) electrons. The van der Waals surface area contributed by atoms with Crippen molar-refractivity contribution >= 4 is 34.4 Å². The molecule has 4 aromatic rings. The second-order valence-electron chi connectivity index (χ2n) is 6.74. The lowest BCUT2D eigenvalue weighted by molar-refractivity contribution is 0.0956. The third-order valence-corrected chi connectivity index (χ3v) is 6.31. The SMILES string of the molecule is Cc1nn2c3c(nnc2c1-c1ccc(Cl)cc1)C(=O)C[C@H](c1cccs1)C3. The number of ketones is 1. The lowest BCUT2D eigenvalue weighted by atomic mass is 9.87. The van der Waals surface area contributed by atoms with Crippen LogP contribution in [0.15, 0.2) is 41.8 Å². The number of carbonyl (C=O) groups excluding carboxylic acids is 1. The highest BCUT2D eigenvalue weighted by Gasteiger charge is 2.31. The number of carbonyl (C=O) groups is 1. The Morgan fingerprint density at radius 2 is 1.96 bits per heavy atom. The third-order valence-electron chi connectivity index (χ3n) is 5.02. The number of aromatic nitrogens is 4. The van der Waals surface area contributed by atoms with E-state index in [0.717, 1.165) is 28.9 Å². The van der Waals surface area contributed by atoms with E-state index in [9.17, 15) is 4.79 Å². The number of aryl methyl sites for hydroxylation is 1. The summed E-state index contributed by atoms with van der Waals surface area (Å²) in [7, 11) is 0. The van der Waals surface area contributed by atoms with Gasteiger partial charge in [0.15, 0.2) is 17.1 Å². The third kappa shape index (κ3) is 2.67. The first-order valence-electron chi connectivity index (χ1n) is 8.69. The fourth-order valence-electron chi connectivity index (χ4n) is 3.76. The predicted octanol–water partition coefficient (Wildman–Crippen LogP) is 4.73. The molecule has 0 saturated carbocycles. The molecule has 0 spiro atoms. The van der Waals surface area contributed by atoms with E-state index < -0.39 is 0 Å². The van der Waals surface area contributed by atoms with Crippen LogP contribution in [0.1, 0.15) is 39.1 Å². The first-order chi connectivity index (χ1) is 13.1. The van der Waals surface area contributed by atoms with Crippen LogP contribution in [0.3, 0.4) is 0 Å². The van der Waals surface area contributed by atoms with E-state index in [0.29, 0.717) is 22.8 Å². The van der Waals surface area contributed by atoms with Crippen molar-refractivity contribution in [2.45, 2.75) is 25.7 Å². The van der Waals surface area contributed by atoms with E-state index in [1.807, 2.05) is 42.6 Å². The molecule has 1 atom stereocenters. The maximum atomic E-state index is 12.7. The van der Waals surface area contributed by atoms with Gasteiger partial charge in [0.1, 0.15) is 0 Å². The zero-order chi connectivity index (χ0) is 18.5. The van der Waals surface area contributed by atoms with Gasteiger partial charge in [-0.05, 0) is 36.1 Å². The molecule has 1 aromatic carbocycles. The Morgan fingerprint density at radius 3 is 2.70 bits per heavy atom. The summed E-state index contributed by atoms with van der Waals surface area (Å²) in [4.78, 5) is 13.9. The van der Waals surface area contributed by atoms with Crippen molar-refractivity contribution in [2.75, 3.05) is 0 Å². The molecule has 0 N–H and O–H groups in total. The van der Waals surface area contributed by atoms with Crippen molar-refractivity contribution in [3.05, 3.63) is 68.8 Å². The van der Waals surface area contributed by atoms with Crippen LogP contribution in [0.2, 0.25) is 5.02 Å². The molecule has 0 saturated heterocycles. The summed E-state index contributed by atoms with van der Waals surface area (Å²) in [6.07, 6.45) is 1.20. The van der Waals surface area contributed by atoms with Crippen molar-refractivity contribution in [3.63, 3.8) is 0 Å². The highest BCUT2D eigenvalue weighted by atomic mass is 35.5. The van der Waals surface area contributed by atoms with Crippen LogP contribution in [0.25, 0.3) is 16.8 Å². The van der Waals surface area contributed by atoms with Crippen LogP contribution in [0, 0.1) is 6.92 Å². The molecular weight excluding hydrogens is 380 g/mol. The molecule has 1 aliphatic rings. The van der Waals surface area contributed by atoms with Crippen LogP contribution in [-0.4, -0.2) is 25.6 Å². The van der Waals surface area contributed by atoms with Crippen molar-refractivity contribution in [2.24, 2.45) is 0 Å². The molecule has 0 fully saturated rings. The zero-order valence-corrected chi connectivity index (χ0v) is 16.1. The number of benzene rings is 1. The highest BCUT2D eigenvalue weighted by molar-refractivity contribution is 7.10. The average molecular weight is 395 g/mol. The van der Waals surface area contributed by atoms with Crippen LogP contribution < -0.4 is 0 Å². The largest absolute Gasteiger partial charge is 0.292 e. The van der Waals surface area contributed by atoms with Gasteiger partial charge in [0, 0.05) is 28.7 Å². The van der Waals surface area contributed by atoms with Crippen molar-refractivity contribution < 1.29 is 4.79 Å². The first kappa shape index (κ1) is 16.6. The van der Waals surface area contributed by atoms with Gasteiger partial charge in [-0.25, -0.2) is 4.52 Å². The van der Waals surface area contributed by atoms with E-state index in [2.05, 4.69) is 16.3 Å². The number of hydrogen-bond donors (Lipinski definition) is 0. The summed E-state index contributed by atoms with van der Waals surface area (Å²) in [5, 5.41) is 16.1. The first-order valence-corrected chi connectivity index (χ1v) is 9.95. The molecular formula is C20H15ClN4OS. The molecule has 0 unspecified atom stereocenters. The quantitative estimate of drug-likeness (QED) is 0.493. The number of thiophene rings is 1. The standard InChI is InChI=1S/C20H15ClN4OS/c1-11-18(12-4-6-14(21)7-5-12)20-23-22-19-15(25(20)24-11)9-13(10-16(19)26)17-3-2-8-27-17/h2-8,13H,9-10H2,1H3/t13-/m1/s1. The Morgan fingerprint density at radius 1 is 1.15 bits per heavy atom. The topological polar surface area (TPSA) is 60.1 Å². The van der Waals surface area contributed by atoms with Gasteiger partial charge in [0.05, 0.1) is 17.0 Å². The van der Waals surface area contributed by atoms with Gasteiger partial charge in [-0.3, -0.25) is 4.79 Å². The van der Waals surface area contributed by atoms with E-state index >= 15 is 0 Å². The molecule has 1 aliphatic carbocycles. The lowest BCUT2D eigenvalue weighted by Crippen LogP contribution is -2.23. The highest BCUT2D eigenvalue weighted by Crippen LogP contribution is 2.36. The van der Waals surface area contributed by atoms with E-state index in [1.165, 1.54) is 4.88 Å². The monoisotopic (exact) mass is 394 g/mol. The predicted molar refractivity (Wildman–Crippen MR) is 106 cm³/mol. The molecule has 0 amide bonds. The number of rotatable bonds is 2. The van der Waals surface area contributed by atoms with E-state index in [4.69, 9.17) is 16.7 Å². The number of Topliss-reactive ketones (excluding diaryl/α,β-unsaturated/α-hetero) is 1. The Balaban J connectivity index is 1.69. The summed E-state index contributed by atoms with van der Waals surface area (Å²) < 4.78 is 1.80. The Kier molecular flexibility index (Phi) is 3.84. The van der Waals surface area contributed by atoms with Gasteiger partial charge in [-0.1, -0.05) is 29.8 Å². The molecule has 3 heterocycles. The zero-order valence-electron chi connectivity index (χ0n) is 14.5. The molecule has 0 aliphatic heterocycles. The molecule has 0 bridgehead atoms. The number of nitrogens with zero attached hydrogens (tertiary/aromatic N) is 4. The van der Waals surface area contributed by atoms with Gasteiger partial charge >= 0.3 is 0 Å². The molecule has 5 rings (SSSR count). The van der Waals surface area contributed by atoms with Crippen LogP contribution in [-0.2, 0) is 6.42 Å². The Hall–Kier alpha value is -2.57. The van der Waals surface area contributed by atoms with Crippen LogP contribution in [0.4, 0.5) is 0 Å². The van der Waals surface area contributed by atoms with Gasteiger partial charge < -0.3 is 0 Å². The van der Waals surface area contributed by atoms with Crippen LogP contribution in [0.5, 0.6) is 0 Å². The van der Waals surface area contributed by atoms with Crippen molar-refractivity contribution in [1.29, 1.82) is 0 Å². The molecule has 5 nitrogen and oxygen atoms in total. The summed E-state index contributed by atoms with van der Waals surface area (Å²) >= 11 is 7.71. The minimum Gasteiger partial charge on any atom is -0.292 e. The van der Waals surface area contributed by atoms with E-state index in [-0.39, 0.29) is 11.7 Å². The van der Waals surface area contributed by atoms with Gasteiger partial charge in [-0.15, -0.1) is 21.5 Å². The minimum atomic E-state index is 0.0326. The van der Waals surface area contributed by atoms with Gasteiger partial charge in [0.25, 0.3) is 0 Å². The summed E-state index contributed by atoms with van der Waals surface area (Å²) in [5.74, 6) is 0.200. The maximum absolute atomic E-state index is 12.7. The summed E-state index contributed by atoms with van der Waals surface area (Å²) in [6, 6.07) is 11.7. The Labute approximate surface area is 164 Å². The number of fused-ring (bicyclic) bond motifs is 3. The second-order valence-corrected chi connectivity index (χ2v) is 8.16. The number of hydrogen-bond acceptors (Lipinski definition) is 5. The maximum Gasteiger partial charge on any atom is 0.185 e. The average Bonchev–Trinajstić information content (AvgIpc) is 3.30. The van der Waals surface area contributed by atoms with Crippen molar-refractivity contribution in [1.82, 2.24) is 19.8 Å². The van der Waals surface area contributed by atoms with Gasteiger partial charge in [0.2, 0.25) is 0 Å². The lowest BCUT2D eigenvalue weighted by Gasteiger charge is -2.21. The molecule has 134 valence electrons. The smallest absolute Gasteiger partial charge is 0.185 e. The summed E-state index contributed by atoms with van der Waals surface area (Å²) in [5.41, 5.74) is 4.73.